The first-order valence-electron chi connectivity index (χ1n) is 2.77. The third-order valence-electron chi connectivity index (χ3n) is 0.183. The molecular formula is C4H7FLiN2O9P. The van der Waals surface area contributed by atoms with Gasteiger partial charge in [0.2, 0.25) is 12.2 Å². The number of isocyanates is 2. The molecule has 0 fully saturated rings. The second-order valence-corrected chi connectivity index (χ2v) is 2.23. The Morgan fingerprint density at radius 1 is 1.00 bits per heavy atom. The first-order valence-corrected chi connectivity index (χ1v) is 4.27. The van der Waals surface area contributed by atoms with Gasteiger partial charge < -0.3 is 10.2 Å². The molecule has 0 radical (unpaired) electrons. The van der Waals surface area contributed by atoms with Gasteiger partial charge in [-0.15, -0.1) is 4.20 Å². The van der Waals surface area contributed by atoms with Crippen molar-refractivity contribution in [2.24, 2.45) is 0 Å². The van der Waals surface area contributed by atoms with Gasteiger partial charge in [0.05, 0.1) is 0 Å². The van der Waals surface area contributed by atoms with Crippen molar-refractivity contribution in [1.82, 2.24) is 0 Å². The van der Waals surface area contributed by atoms with E-state index in [2.05, 4.69) is 0 Å². The van der Waals surface area contributed by atoms with Crippen LogP contribution in [0.1, 0.15) is 0 Å². The van der Waals surface area contributed by atoms with Gasteiger partial charge in [-0.1, -0.05) is 0 Å². The van der Waals surface area contributed by atoms with Crippen LogP contribution in [-0.4, -0.2) is 63.0 Å². The van der Waals surface area contributed by atoms with Gasteiger partial charge in [-0.2, -0.15) is 0 Å². The molecule has 0 saturated carbocycles. The van der Waals surface area contributed by atoms with Crippen LogP contribution < -0.4 is 0 Å². The van der Waals surface area contributed by atoms with Crippen LogP contribution in [0.25, 0.3) is 0 Å². The van der Waals surface area contributed by atoms with Crippen LogP contribution >= 0.6 is 7.91 Å². The SMILES string of the molecule is N=C=O.N=C=O.O=C(O)C(=O)O.O=P(O)(O)F.[LiH]. The molecule has 0 spiro atoms. The van der Waals surface area contributed by atoms with Gasteiger partial charge in [-0.05, 0) is 0 Å². The van der Waals surface area contributed by atoms with Crippen LogP contribution in [-0.2, 0) is 23.7 Å². The topological polar surface area (TPSA) is 214 Å². The van der Waals surface area contributed by atoms with E-state index < -0.39 is 19.8 Å². The van der Waals surface area contributed by atoms with Crippen molar-refractivity contribution in [2.45, 2.75) is 0 Å². The first-order chi connectivity index (χ1) is 7.47. The first kappa shape index (κ1) is 29.9. The van der Waals surface area contributed by atoms with Crippen LogP contribution in [0.2, 0.25) is 0 Å². The monoisotopic (exact) mass is 284 g/mol. The number of carbonyl (C=O) groups is 2. The summed E-state index contributed by atoms with van der Waals surface area (Å²) >= 11 is 0. The number of halogens is 1. The van der Waals surface area contributed by atoms with Crippen LogP contribution in [0.4, 0.5) is 4.20 Å². The van der Waals surface area contributed by atoms with E-state index in [-0.39, 0.29) is 18.9 Å². The Morgan fingerprint density at radius 3 is 1.06 bits per heavy atom. The minimum absolute atomic E-state index is 0. The van der Waals surface area contributed by atoms with Crippen molar-refractivity contribution in [3.8, 4) is 0 Å². The third-order valence-corrected chi connectivity index (χ3v) is 0.183. The third kappa shape index (κ3) is 455. The molecule has 0 aromatic carbocycles. The van der Waals surface area contributed by atoms with E-state index >= 15 is 0 Å². The molecule has 0 aliphatic carbocycles. The summed E-state index contributed by atoms with van der Waals surface area (Å²) in [6.07, 6.45) is 1.50. The summed E-state index contributed by atoms with van der Waals surface area (Å²) in [6, 6.07) is 0. The number of nitrogens with one attached hydrogen (secondary N) is 2. The standard InChI is InChI=1S/C2H2O4.2CHNO.FH2O3P.Li.H/c3-1(4)2(5)6;2*2-1-3;1-5(2,3)4;;/h(H,3,4)(H,5,6);2*2H;(H2,2,3,4);;. The molecule has 0 rings (SSSR count). The quantitative estimate of drug-likeness (QED) is 0.0986. The number of hydrogen-bond acceptors (Lipinski definition) is 7. The van der Waals surface area contributed by atoms with Gasteiger partial charge in [0, 0.05) is 0 Å². The average molecular weight is 284 g/mol. The average Bonchev–Trinajstić information content (AvgIpc) is 2.03. The molecule has 0 heterocycles. The van der Waals surface area contributed by atoms with Crippen LogP contribution in [0.15, 0.2) is 0 Å². The van der Waals surface area contributed by atoms with Crippen molar-refractivity contribution < 1.29 is 47.9 Å². The Kier molecular flexibility index (Phi) is 34.5. The van der Waals surface area contributed by atoms with E-state index in [1.54, 1.807) is 0 Å². The number of aliphatic carboxylic acids is 2. The zero-order chi connectivity index (χ0) is 15.1. The van der Waals surface area contributed by atoms with E-state index in [1.807, 2.05) is 0 Å². The van der Waals surface area contributed by atoms with Gasteiger partial charge in [0.25, 0.3) is 0 Å². The second-order valence-electron chi connectivity index (χ2n) is 1.29. The zero-order valence-corrected chi connectivity index (χ0v) is 8.55. The summed E-state index contributed by atoms with van der Waals surface area (Å²) in [7, 11) is -5.14. The van der Waals surface area contributed by atoms with Gasteiger partial charge >= 0.3 is 38.7 Å². The number of carboxylic acids is 2. The summed E-state index contributed by atoms with van der Waals surface area (Å²) in [5.74, 6) is -3.65. The molecular weight excluding hydrogens is 277 g/mol. The normalized spacial score (nSPS) is 6.61. The number of hydrogen-bond donors (Lipinski definition) is 6. The van der Waals surface area contributed by atoms with E-state index in [4.69, 9.17) is 54.6 Å². The van der Waals surface area contributed by atoms with Crippen molar-refractivity contribution in [1.29, 1.82) is 10.8 Å². The van der Waals surface area contributed by atoms with Gasteiger partial charge in [-0.25, -0.2) is 34.6 Å². The van der Waals surface area contributed by atoms with E-state index in [0.29, 0.717) is 0 Å². The summed E-state index contributed by atoms with van der Waals surface area (Å²) in [6.45, 7) is 0. The predicted molar refractivity (Wildman–Crippen MR) is 52.4 cm³/mol. The molecule has 0 bridgehead atoms. The van der Waals surface area contributed by atoms with Gasteiger partial charge in [0.15, 0.2) is 0 Å². The molecule has 11 nitrogen and oxygen atoms in total. The predicted octanol–water partition coefficient (Wildman–Crippen LogP) is -1.64. The molecule has 0 amide bonds. The minimum atomic E-state index is -5.14. The molecule has 0 unspecified atom stereocenters. The molecule has 0 aliphatic heterocycles. The van der Waals surface area contributed by atoms with Crippen molar-refractivity contribution in [3.63, 3.8) is 0 Å². The molecule has 14 heteroatoms. The van der Waals surface area contributed by atoms with Crippen LogP contribution in [0.5, 0.6) is 0 Å². The molecule has 0 atom stereocenters. The number of carbonyl (C=O) groups excluding carboxylic acids is 2. The number of carboxylic acid groups (broad SMARTS) is 2. The molecule has 18 heavy (non-hydrogen) atoms. The maximum absolute atomic E-state index is 10.4. The summed E-state index contributed by atoms with van der Waals surface area (Å²) < 4.78 is 19.0. The summed E-state index contributed by atoms with van der Waals surface area (Å²) in [5.41, 5.74) is 0. The van der Waals surface area contributed by atoms with E-state index in [9.17, 15) is 4.20 Å². The van der Waals surface area contributed by atoms with Gasteiger partial charge in [0.1, 0.15) is 0 Å². The molecule has 0 aliphatic rings. The van der Waals surface area contributed by atoms with Crippen molar-refractivity contribution in [2.75, 3.05) is 0 Å². The maximum atomic E-state index is 10.4. The Hall–Kier alpha value is -1.62. The Bertz CT molecular complexity index is 310. The summed E-state index contributed by atoms with van der Waals surface area (Å²) in [5, 5.41) is 25.6. The Morgan fingerprint density at radius 2 is 1.06 bits per heavy atom. The molecule has 100 valence electrons. The molecule has 6 N–H and O–H groups in total. The van der Waals surface area contributed by atoms with Crippen molar-refractivity contribution in [3.05, 3.63) is 0 Å². The fourth-order valence-corrected chi connectivity index (χ4v) is 0. The second kappa shape index (κ2) is 20.7. The molecule has 0 aromatic heterocycles. The Labute approximate surface area is 110 Å². The Balaban J connectivity index is -0.0000000429. The van der Waals surface area contributed by atoms with Crippen LogP contribution in [0, 0.1) is 10.8 Å². The van der Waals surface area contributed by atoms with E-state index in [1.165, 1.54) is 0 Å². The fourth-order valence-electron chi connectivity index (χ4n) is 0. The fraction of sp³-hybridized carbons (Fsp3) is 0. The molecule has 0 aromatic rings. The van der Waals surface area contributed by atoms with Crippen molar-refractivity contribution >= 4 is 50.9 Å². The summed E-state index contributed by atoms with van der Waals surface area (Å²) in [4.78, 5) is 48.8. The van der Waals surface area contributed by atoms with Gasteiger partial charge in [-0.3, -0.25) is 9.79 Å². The molecule has 0 saturated heterocycles. The zero-order valence-electron chi connectivity index (χ0n) is 7.66. The van der Waals surface area contributed by atoms with E-state index in [0.717, 1.165) is 12.2 Å². The number of rotatable bonds is 0. The van der Waals surface area contributed by atoms with Crippen LogP contribution in [0.3, 0.4) is 0 Å².